The van der Waals surface area contributed by atoms with Gasteiger partial charge in [0.2, 0.25) is 11.7 Å². The molecule has 0 bridgehead atoms. The van der Waals surface area contributed by atoms with Crippen LogP contribution in [0, 0.1) is 6.92 Å². The zero-order valence-corrected chi connectivity index (χ0v) is 16.0. The van der Waals surface area contributed by atoms with Gasteiger partial charge in [0.25, 0.3) is 0 Å². The second kappa shape index (κ2) is 7.93. The molecule has 0 radical (unpaired) electrons. The van der Waals surface area contributed by atoms with Crippen LogP contribution in [0.4, 0.5) is 0 Å². The lowest BCUT2D eigenvalue weighted by atomic mass is 10.2. The first-order valence-corrected chi connectivity index (χ1v) is 9.80. The summed E-state index contributed by atoms with van der Waals surface area (Å²) in [4.78, 5) is 22.6. The van der Waals surface area contributed by atoms with Crippen LogP contribution in [0.5, 0.6) is 0 Å². The van der Waals surface area contributed by atoms with Crippen LogP contribution in [-0.2, 0) is 17.9 Å². The fourth-order valence-corrected chi connectivity index (χ4v) is 3.70. The highest BCUT2D eigenvalue weighted by Gasteiger charge is 2.22. The van der Waals surface area contributed by atoms with Gasteiger partial charge >= 0.3 is 0 Å². The predicted octanol–water partition coefficient (Wildman–Crippen LogP) is 1.45. The second-order valence-electron chi connectivity index (χ2n) is 6.52. The summed E-state index contributed by atoms with van der Waals surface area (Å²) in [5.41, 5.74) is 2.00. The monoisotopic (exact) mass is 383 g/mol. The molecule has 0 aliphatic carbocycles. The van der Waals surface area contributed by atoms with E-state index in [4.69, 9.17) is 0 Å². The van der Waals surface area contributed by atoms with Crippen molar-refractivity contribution in [1.29, 1.82) is 0 Å². The van der Waals surface area contributed by atoms with Crippen molar-refractivity contribution in [1.82, 2.24) is 35.0 Å². The van der Waals surface area contributed by atoms with Gasteiger partial charge in [-0.15, -0.1) is 21.5 Å². The van der Waals surface area contributed by atoms with E-state index in [1.165, 1.54) is 4.80 Å². The van der Waals surface area contributed by atoms with E-state index in [1.807, 2.05) is 42.2 Å². The Morgan fingerprint density at radius 2 is 1.93 bits per heavy atom. The molecule has 0 saturated carbocycles. The number of aryl methyl sites for hydroxylation is 1. The molecule has 3 aromatic rings. The first-order valence-electron chi connectivity index (χ1n) is 8.92. The summed E-state index contributed by atoms with van der Waals surface area (Å²) in [5, 5.41) is 15.6. The number of tetrazole rings is 1. The van der Waals surface area contributed by atoms with E-state index in [9.17, 15) is 4.79 Å². The largest absolute Gasteiger partial charge is 0.338 e. The third kappa shape index (κ3) is 4.37. The zero-order valence-electron chi connectivity index (χ0n) is 15.2. The average molecular weight is 383 g/mol. The van der Waals surface area contributed by atoms with Crippen molar-refractivity contribution in [3.05, 3.63) is 46.4 Å². The molecule has 2 aromatic heterocycles. The van der Waals surface area contributed by atoms with E-state index >= 15 is 0 Å². The number of hydrogen-bond donors (Lipinski definition) is 0. The molecule has 0 unspecified atom stereocenters. The van der Waals surface area contributed by atoms with Crippen LogP contribution in [0.3, 0.4) is 0 Å². The van der Waals surface area contributed by atoms with Crippen LogP contribution in [0.1, 0.15) is 10.7 Å². The first-order chi connectivity index (χ1) is 13.2. The molecule has 27 heavy (non-hydrogen) atoms. The third-order valence-electron chi connectivity index (χ3n) is 4.54. The molecular weight excluding hydrogens is 362 g/mol. The van der Waals surface area contributed by atoms with Gasteiger partial charge < -0.3 is 4.90 Å². The van der Waals surface area contributed by atoms with Crippen LogP contribution in [0.15, 0.2) is 35.7 Å². The number of rotatable bonds is 5. The molecule has 3 heterocycles. The fraction of sp³-hybridized carbons (Fsp3) is 0.389. The van der Waals surface area contributed by atoms with Crippen LogP contribution >= 0.6 is 11.3 Å². The van der Waals surface area contributed by atoms with E-state index in [0.717, 1.165) is 35.9 Å². The van der Waals surface area contributed by atoms with Gasteiger partial charge in [0.15, 0.2) is 0 Å². The first kappa shape index (κ1) is 17.7. The maximum absolute atomic E-state index is 12.5. The molecule has 8 nitrogen and oxygen atoms in total. The predicted molar refractivity (Wildman–Crippen MR) is 102 cm³/mol. The number of carbonyl (C=O) groups excluding carboxylic acids is 1. The minimum Gasteiger partial charge on any atom is -0.338 e. The summed E-state index contributed by atoms with van der Waals surface area (Å²) < 4.78 is 0. The van der Waals surface area contributed by atoms with Crippen molar-refractivity contribution in [3.63, 3.8) is 0 Å². The number of hydrogen-bond acceptors (Lipinski definition) is 7. The molecule has 0 atom stereocenters. The Balaban J connectivity index is 1.29. The topological polar surface area (TPSA) is 80.0 Å². The van der Waals surface area contributed by atoms with Crippen molar-refractivity contribution in [2.45, 2.75) is 20.0 Å². The molecule has 1 aromatic carbocycles. The van der Waals surface area contributed by atoms with Crippen molar-refractivity contribution >= 4 is 17.2 Å². The molecular formula is C18H21N7OS. The van der Waals surface area contributed by atoms with Crippen molar-refractivity contribution in [3.8, 4) is 11.4 Å². The SMILES string of the molecule is Cc1nc(CN2CCN(C(=O)Cn3nnc(-c4ccccc4)n3)CC2)cs1. The number of benzene rings is 1. The van der Waals surface area contributed by atoms with Gasteiger partial charge in [0.05, 0.1) is 10.7 Å². The van der Waals surface area contributed by atoms with E-state index in [2.05, 4.69) is 30.7 Å². The lowest BCUT2D eigenvalue weighted by molar-refractivity contribution is -0.134. The Hall–Kier alpha value is -2.65. The lowest BCUT2D eigenvalue weighted by Crippen LogP contribution is -2.49. The maximum atomic E-state index is 12.5. The Bertz CT molecular complexity index is 899. The average Bonchev–Trinajstić information content (AvgIpc) is 3.32. The quantitative estimate of drug-likeness (QED) is 0.663. The Kier molecular flexibility index (Phi) is 5.21. The zero-order chi connectivity index (χ0) is 18.6. The molecule has 1 aliphatic rings. The van der Waals surface area contributed by atoms with Crippen molar-refractivity contribution in [2.75, 3.05) is 26.2 Å². The highest BCUT2D eigenvalue weighted by molar-refractivity contribution is 7.09. The second-order valence-corrected chi connectivity index (χ2v) is 7.59. The lowest BCUT2D eigenvalue weighted by Gasteiger charge is -2.34. The van der Waals surface area contributed by atoms with Gasteiger partial charge in [0, 0.05) is 43.7 Å². The van der Waals surface area contributed by atoms with Gasteiger partial charge in [0.1, 0.15) is 6.54 Å². The normalized spacial score (nSPS) is 15.2. The van der Waals surface area contributed by atoms with Crippen LogP contribution < -0.4 is 0 Å². The molecule has 0 N–H and O–H groups in total. The molecule has 0 spiro atoms. The molecule has 1 aliphatic heterocycles. The van der Waals surface area contributed by atoms with Gasteiger partial charge in [-0.25, -0.2) is 4.98 Å². The van der Waals surface area contributed by atoms with Gasteiger partial charge in [-0.05, 0) is 12.1 Å². The van der Waals surface area contributed by atoms with Crippen LogP contribution in [-0.4, -0.2) is 67.1 Å². The molecule has 9 heteroatoms. The van der Waals surface area contributed by atoms with E-state index < -0.39 is 0 Å². The Labute approximate surface area is 161 Å². The van der Waals surface area contributed by atoms with Crippen LogP contribution in [0.2, 0.25) is 0 Å². The minimum absolute atomic E-state index is 0.0242. The summed E-state index contributed by atoms with van der Waals surface area (Å²) in [5.74, 6) is 0.558. The van der Waals surface area contributed by atoms with Gasteiger partial charge in [-0.2, -0.15) is 4.80 Å². The van der Waals surface area contributed by atoms with Crippen LogP contribution in [0.25, 0.3) is 11.4 Å². The van der Waals surface area contributed by atoms with Crippen molar-refractivity contribution in [2.24, 2.45) is 0 Å². The standard InChI is InChI=1S/C18H21N7OS/c1-14-19-16(13-27-14)11-23-7-9-24(10-8-23)17(26)12-25-21-18(20-22-25)15-5-3-2-4-6-15/h2-6,13H,7-12H2,1H3. The van der Waals surface area contributed by atoms with E-state index in [1.54, 1.807) is 11.3 Å². The van der Waals surface area contributed by atoms with E-state index in [0.29, 0.717) is 18.9 Å². The number of nitrogens with zero attached hydrogens (tertiary/aromatic N) is 7. The molecule has 1 saturated heterocycles. The Morgan fingerprint density at radius 3 is 2.63 bits per heavy atom. The molecule has 1 amide bonds. The molecule has 4 rings (SSSR count). The van der Waals surface area contributed by atoms with Gasteiger partial charge in [-0.3, -0.25) is 9.69 Å². The smallest absolute Gasteiger partial charge is 0.246 e. The third-order valence-corrected chi connectivity index (χ3v) is 5.36. The number of piperazine rings is 1. The minimum atomic E-state index is 0.0242. The number of amides is 1. The molecule has 140 valence electrons. The number of thiazole rings is 1. The summed E-state index contributed by atoms with van der Waals surface area (Å²) in [6.07, 6.45) is 0. The maximum Gasteiger partial charge on any atom is 0.246 e. The highest BCUT2D eigenvalue weighted by atomic mass is 32.1. The summed E-state index contributed by atoms with van der Waals surface area (Å²) in [7, 11) is 0. The highest BCUT2D eigenvalue weighted by Crippen LogP contribution is 2.13. The Morgan fingerprint density at radius 1 is 1.15 bits per heavy atom. The number of carbonyl (C=O) groups is 1. The number of aromatic nitrogens is 5. The summed E-state index contributed by atoms with van der Waals surface area (Å²) in [6.45, 7) is 6.10. The summed E-state index contributed by atoms with van der Waals surface area (Å²) >= 11 is 1.68. The van der Waals surface area contributed by atoms with Crippen molar-refractivity contribution < 1.29 is 4.79 Å². The summed E-state index contributed by atoms with van der Waals surface area (Å²) in [6, 6.07) is 9.63. The molecule has 1 fully saturated rings. The van der Waals surface area contributed by atoms with Gasteiger partial charge in [-0.1, -0.05) is 30.3 Å². The van der Waals surface area contributed by atoms with E-state index in [-0.39, 0.29) is 12.5 Å². The fourth-order valence-electron chi connectivity index (χ4n) is 3.10.